The second-order valence-corrected chi connectivity index (χ2v) is 17.1. The number of thiazole rings is 1. The van der Waals surface area contributed by atoms with Crippen LogP contribution in [0.2, 0.25) is 0 Å². The van der Waals surface area contributed by atoms with Gasteiger partial charge >= 0.3 is 0 Å². The number of anilines is 1. The number of aromatic nitrogens is 1. The number of halogens is 1. The molecule has 5 nitrogen and oxygen atoms in total. The number of benzene rings is 5. The van der Waals surface area contributed by atoms with Gasteiger partial charge in [-0.05, 0) is 67.1 Å². The Morgan fingerprint density at radius 3 is 1.94 bits per heavy atom. The number of Topliss-reactive ketones (excluding diaryl/α,β-unsaturated/α-hetero) is 1. The number of ether oxygens (including phenoxy) is 1. The molecule has 1 N–H and O–H groups in total. The summed E-state index contributed by atoms with van der Waals surface area (Å²) in [6, 6.07) is 47.6. The lowest BCUT2D eigenvalue weighted by Crippen LogP contribution is -3.00. The molecular formula is C39H32BrN2O3PS2. The van der Waals surface area contributed by atoms with Crippen LogP contribution < -0.4 is 42.9 Å². The molecule has 2 heterocycles. The first kappa shape index (κ1) is 33.8. The molecule has 0 saturated heterocycles. The number of carbonyl (C=O) groups is 2. The van der Waals surface area contributed by atoms with Crippen molar-refractivity contribution in [2.45, 2.75) is 23.4 Å². The van der Waals surface area contributed by atoms with Crippen LogP contribution in [0.3, 0.4) is 0 Å². The van der Waals surface area contributed by atoms with Gasteiger partial charge in [-0.2, -0.15) is 0 Å². The largest absolute Gasteiger partial charge is 1.00 e. The molecule has 7 rings (SSSR count). The van der Waals surface area contributed by atoms with Crippen LogP contribution in [0.1, 0.15) is 31.1 Å². The number of rotatable bonds is 10. The quantitative estimate of drug-likeness (QED) is 0.121. The zero-order valence-electron chi connectivity index (χ0n) is 26.1. The van der Waals surface area contributed by atoms with E-state index in [0.29, 0.717) is 17.0 Å². The van der Waals surface area contributed by atoms with E-state index < -0.39 is 12.5 Å². The van der Waals surface area contributed by atoms with Gasteiger partial charge in [0.05, 0.1) is 20.8 Å². The lowest BCUT2D eigenvalue weighted by atomic mass is 10.0. The molecule has 9 heteroatoms. The van der Waals surface area contributed by atoms with E-state index in [9.17, 15) is 9.59 Å². The molecule has 1 aliphatic rings. The average molecular weight is 752 g/mol. The van der Waals surface area contributed by atoms with Crippen molar-refractivity contribution in [3.8, 4) is 5.75 Å². The third-order valence-corrected chi connectivity index (χ3v) is 15.1. The maximum absolute atomic E-state index is 14.4. The van der Waals surface area contributed by atoms with Crippen LogP contribution in [-0.4, -0.2) is 23.3 Å². The lowest BCUT2D eigenvalue weighted by molar-refractivity contribution is -0.118. The van der Waals surface area contributed by atoms with Crippen LogP contribution in [0, 0.1) is 6.92 Å². The van der Waals surface area contributed by atoms with Gasteiger partial charge in [0.2, 0.25) is 0 Å². The molecule has 0 aliphatic carbocycles. The zero-order valence-corrected chi connectivity index (χ0v) is 30.2. The Labute approximate surface area is 299 Å². The summed E-state index contributed by atoms with van der Waals surface area (Å²) in [5.74, 6) is 0.266. The van der Waals surface area contributed by atoms with Gasteiger partial charge in [0, 0.05) is 5.56 Å². The molecule has 240 valence electrons. The van der Waals surface area contributed by atoms with Gasteiger partial charge in [0.25, 0.3) is 5.91 Å². The maximum atomic E-state index is 14.4. The van der Waals surface area contributed by atoms with Crippen molar-refractivity contribution in [2.75, 3.05) is 11.9 Å². The zero-order chi connectivity index (χ0) is 32.2. The summed E-state index contributed by atoms with van der Waals surface area (Å²) < 4.78 is 5.55. The van der Waals surface area contributed by atoms with Crippen molar-refractivity contribution >= 4 is 63.7 Å². The summed E-state index contributed by atoms with van der Waals surface area (Å²) >= 11 is 3.21. The molecule has 1 atom stereocenters. The Kier molecular flexibility index (Phi) is 10.6. The molecule has 1 aliphatic heterocycles. The van der Waals surface area contributed by atoms with Crippen LogP contribution in [-0.2, 0) is 11.0 Å². The molecule has 1 amide bonds. The average Bonchev–Trinajstić information content (AvgIpc) is 3.48. The normalized spacial score (nSPS) is 13.0. The van der Waals surface area contributed by atoms with Gasteiger partial charge < -0.3 is 27.0 Å². The minimum atomic E-state index is -2.19. The number of nitrogens with zero attached hydrogens (tertiary/aromatic N) is 1. The van der Waals surface area contributed by atoms with Crippen molar-refractivity contribution in [3.63, 3.8) is 0 Å². The molecule has 1 aromatic heterocycles. The second kappa shape index (κ2) is 15.0. The van der Waals surface area contributed by atoms with Crippen LogP contribution in [0.4, 0.5) is 5.69 Å². The highest BCUT2D eigenvalue weighted by Crippen LogP contribution is 2.60. The summed E-state index contributed by atoms with van der Waals surface area (Å²) in [5, 5.41) is 8.02. The first-order valence-electron chi connectivity index (χ1n) is 15.3. The molecule has 0 saturated carbocycles. The van der Waals surface area contributed by atoms with Gasteiger partial charge in [-0.3, -0.25) is 9.59 Å². The summed E-state index contributed by atoms with van der Waals surface area (Å²) in [5.41, 5.74) is 1.91. The molecule has 6 aromatic rings. The molecule has 1 unspecified atom stereocenters. The first-order valence-corrected chi connectivity index (χ1v) is 19.0. The second-order valence-electron chi connectivity index (χ2n) is 11.3. The maximum Gasteiger partial charge on any atom is 0.262 e. The minimum absolute atomic E-state index is 0. The van der Waals surface area contributed by atoms with E-state index in [2.05, 4.69) is 96.3 Å². The number of aryl methyl sites for hydroxylation is 1. The smallest absolute Gasteiger partial charge is 0.262 e. The van der Waals surface area contributed by atoms with Gasteiger partial charge in [-0.1, -0.05) is 96.7 Å². The van der Waals surface area contributed by atoms with Crippen LogP contribution in [0.5, 0.6) is 5.75 Å². The van der Waals surface area contributed by atoms with E-state index in [1.165, 1.54) is 27.7 Å². The lowest BCUT2D eigenvalue weighted by Gasteiger charge is -2.27. The molecule has 0 radical (unpaired) electrons. The topological polar surface area (TPSA) is 68.3 Å². The SMILES string of the molecule is Cc1nc(SC(C(=O)c2ccc3c(c2)NC(=O)CO3)c2ccccc2)c(C[P+](c2ccccc2)(c2ccccc2)c2ccccc2)s1.[Br-]. The molecule has 0 fully saturated rings. The van der Waals surface area contributed by atoms with E-state index in [1.807, 2.05) is 37.3 Å². The first-order chi connectivity index (χ1) is 23.0. The van der Waals surface area contributed by atoms with Crippen molar-refractivity contribution in [1.29, 1.82) is 0 Å². The number of thioether (sulfide) groups is 1. The third kappa shape index (κ3) is 6.90. The predicted octanol–water partition coefficient (Wildman–Crippen LogP) is 5.00. The number of hydrogen-bond donors (Lipinski definition) is 1. The highest BCUT2D eigenvalue weighted by Gasteiger charge is 2.46. The number of amides is 1. The molecule has 5 aromatic carbocycles. The van der Waals surface area contributed by atoms with Crippen LogP contribution >= 0.6 is 30.4 Å². The number of ketones is 1. The van der Waals surface area contributed by atoms with Crippen molar-refractivity contribution in [2.24, 2.45) is 0 Å². The number of hydrogen-bond acceptors (Lipinski definition) is 6. The number of fused-ring (bicyclic) bond motifs is 1. The highest BCUT2D eigenvalue weighted by atomic mass is 79.9. The third-order valence-electron chi connectivity index (χ3n) is 8.21. The van der Waals surface area contributed by atoms with E-state index in [0.717, 1.165) is 26.6 Å². The number of nitrogens with one attached hydrogen (secondary N) is 1. The van der Waals surface area contributed by atoms with E-state index in [1.54, 1.807) is 29.5 Å². The van der Waals surface area contributed by atoms with Crippen molar-refractivity contribution < 1.29 is 31.3 Å². The Morgan fingerprint density at radius 1 is 0.833 bits per heavy atom. The highest BCUT2D eigenvalue weighted by molar-refractivity contribution is 8.00. The van der Waals surface area contributed by atoms with E-state index in [4.69, 9.17) is 9.72 Å². The fraction of sp³-hybridized carbons (Fsp3) is 0.103. The van der Waals surface area contributed by atoms with Crippen molar-refractivity contribution in [3.05, 3.63) is 161 Å². The molecule has 0 spiro atoms. The Bertz CT molecular complexity index is 1930. The van der Waals surface area contributed by atoms with E-state index >= 15 is 0 Å². The van der Waals surface area contributed by atoms with Gasteiger partial charge in [-0.15, -0.1) is 11.3 Å². The summed E-state index contributed by atoms with van der Waals surface area (Å²) in [7, 11) is -2.19. The molecule has 48 heavy (non-hydrogen) atoms. The van der Waals surface area contributed by atoms with Gasteiger partial charge in [-0.25, -0.2) is 4.98 Å². The Balaban J connectivity index is 0.00000401. The monoisotopic (exact) mass is 750 g/mol. The minimum Gasteiger partial charge on any atom is -1.00 e. The van der Waals surface area contributed by atoms with Crippen LogP contribution in [0.15, 0.2) is 145 Å². The molecule has 0 bridgehead atoms. The number of carbonyl (C=O) groups excluding carboxylic acids is 2. The van der Waals surface area contributed by atoms with Crippen molar-refractivity contribution in [1.82, 2.24) is 4.98 Å². The summed E-state index contributed by atoms with van der Waals surface area (Å²) in [6.07, 6.45) is 0.775. The van der Waals surface area contributed by atoms with E-state index in [-0.39, 0.29) is 35.3 Å². The molecular weight excluding hydrogens is 719 g/mol. The standard InChI is InChI=1S/C39H31N2O3PS2.BrH/c1-27-40-39(47-38(28-14-6-2-7-15-28)37(43)29-22-23-34-33(24-29)41-36(42)25-44-34)35(46-27)26-45(30-16-8-3-9-17-30,31-18-10-4-11-19-31)32-20-12-5-13-21-32;/h2-24,38H,25-26H2,1H3;1H. The predicted molar refractivity (Wildman–Crippen MR) is 196 cm³/mol. The summed E-state index contributed by atoms with van der Waals surface area (Å²) in [4.78, 5) is 32.7. The van der Waals surface area contributed by atoms with Crippen LogP contribution in [0.25, 0.3) is 0 Å². The van der Waals surface area contributed by atoms with Gasteiger partial charge in [0.15, 0.2) is 12.4 Å². The fourth-order valence-electron chi connectivity index (χ4n) is 6.03. The fourth-order valence-corrected chi connectivity index (χ4v) is 13.1. The van der Waals surface area contributed by atoms with Gasteiger partial charge in [0.1, 0.15) is 40.1 Å². The Morgan fingerprint density at radius 2 is 1.38 bits per heavy atom. The summed E-state index contributed by atoms with van der Waals surface area (Å²) in [6.45, 7) is 2.01. The Hall–Kier alpha value is -4.07.